The second-order valence-corrected chi connectivity index (χ2v) is 5.40. The molecule has 132 valence electrons. The topological polar surface area (TPSA) is 86.8 Å². The number of methoxy groups -OCH3 is 2. The van der Waals surface area contributed by atoms with E-state index in [1.165, 1.54) is 33.4 Å². The van der Waals surface area contributed by atoms with Gasteiger partial charge in [0.25, 0.3) is 5.91 Å². The van der Waals surface area contributed by atoms with Crippen LogP contribution in [0.15, 0.2) is 36.5 Å². The van der Waals surface area contributed by atoms with Gasteiger partial charge in [-0.15, -0.1) is 0 Å². The summed E-state index contributed by atoms with van der Waals surface area (Å²) in [5.41, 5.74) is 0.188. The number of nitrogens with zero attached hydrogens (tertiary/aromatic N) is 1. The minimum Gasteiger partial charge on any atom is -0.497 e. The first kappa shape index (κ1) is 18.5. The summed E-state index contributed by atoms with van der Waals surface area (Å²) in [6, 6.07) is 7.79. The van der Waals surface area contributed by atoms with Crippen LogP contribution in [-0.2, 0) is 9.53 Å². The normalized spacial score (nSPS) is 11.4. The van der Waals surface area contributed by atoms with Crippen molar-refractivity contribution in [3.05, 3.63) is 47.1 Å². The van der Waals surface area contributed by atoms with Crippen molar-refractivity contribution >= 4 is 29.3 Å². The molecule has 0 unspecified atom stereocenters. The number of carbonyl (C=O) groups is 2. The summed E-state index contributed by atoms with van der Waals surface area (Å²) in [6.45, 7) is 1.46. The molecule has 0 aliphatic heterocycles. The highest BCUT2D eigenvalue weighted by Gasteiger charge is 2.22. The third-order valence-corrected chi connectivity index (χ3v) is 3.48. The van der Waals surface area contributed by atoms with E-state index in [0.717, 1.165) is 0 Å². The number of nitrogens with one attached hydrogen (secondary N) is 1. The molecule has 8 heteroatoms. The van der Waals surface area contributed by atoms with E-state index in [-0.39, 0.29) is 11.3 Å². The van der Waals surface area contributed by atoms with E-state index < -0.39 is 18.0 Å². The maximum Gasteiger partial charge on any atom is 0.342 e. The fourth-order valence-corrected chi connectivity index (χ4v) is 2.03. The van der Waals surface area contributed by atoms with E-state index in [4.69, 9.17) is 25.8 Å². The van der Waals surface area contributed by atoms with Gasteiger partial charge in [0.2, 0.25) is 0 Å². The molecule has 1 heterocycles. The van der Waals surface area contributed by atoms with Crippen LogP contribution in [0.3, 0.4) is 0 Å². The molecule has 1 aromatic heterocycles. The van der Waals surface area contributed by atoms with E-state index in [1.807, 2.05) is 0 Å². The highest BCUT2D eigenvalue weighted by Crippen LogP contribution is 2.25. The largest absolute Gasteiger partial charge is 0.497 e. The van der Waals surface area contributed by atoms with Crippen LogP contribution >= 0.6 is 11.6 Å². The van der Waals surface area contributed by atoms with Crippen molar-refractivity contribution < 1.29 is 23.8 Å². The predicted molar refractivity (Wildman–Crippen MR) is 92.3 cm³/mol. The molecule has 25 heavy (non-hydrogen) atoms. The van der Waals surface area contributed by atoms with Gasteiger partial charge in [0.1, 0.15) is 22.9 Å². The minimum absolute atomic E-state index is 0.188. The number of carbonyl (C=O) groups excluding carboxylic acids is 2. The summed E-state index contributed by atoms with van der Waals surface area (Å²) in [7, 11) is 2.93. The third-order valence-electron chi connectivity index (χ3n) is 3.26. The monoisotopic (exact) mass is 364 g/mol. The first-order valence-corrected chi connectivity index (χ1v) is 7.67. The zero-order valence-corrected chi connectivity index (χ0v) is 14.7. The number of pyridine rings is 1. The smallest absolute Gasteiger partial charge is 0.342 e. The lowest BCUT2D eigenvalue weighted by Gasteiger charge is -2.15. The maximum atomic E-state index is 12.3. The van der Waals surface area contributed by atoms with E-state index in [9.17, 15) is 9.59 Å². The Bertz CT molecular complexity index is 764. The quantitative estimate of drug-likeness (QED) is 0.793. The molecule has 0 fully saturated rings. The summed E-state index contributed by atoms with van der Waals surface area (Å²) in [5.74, 6) is -0.0782. The maximum absolute atomic E-state index is 12.3. The number of benzene rings is 1. The number of ether oxygens (including phenoxy) is 3. The van der Waals surface area contributed by atoms with Crippen molar-refractivity contribution in [3.63, 3.8) is 0 Å². The van der Waals surface area contributed by atoms with Gasteiger partial charge < -0.3 is 19.5 Å². The Kier molecular flexibility index (Phi) is 6.19. The summed E-state index contributed by atoms with van der Waals surface area (Å²) < 4.78 is 15.4. The Morgan fingerprint density at radius 1 is 1.16 bits per heavy atom. The first-order valence-electron chi connectivity index (χ1n) is 7.30. The van der Waals surface area contributed by atoms with Crippen molar-refractivity contribution in [2.45, 2.75) is 13.0 Å². The molecule has 1 aromatic carbocycles. The van der Waals surface area contributed by atoms with Crippen LogP contribution in [0.5, 0.6) is 11.5 Å². The van der Waals surface area contributed by atoms with Crippen LogP contribution in [-0.4, -0.2) is 37.2 Å². The second-order valence-electron chi connectivity index (χ2n) is 4.96. The lowest BCUT2D eigenvalue weighted by Crippen LogP contribution is -2.30. The van der Waals surface area contributed by atoms with E-state index in [1.54, 1.807) is 24.3 Å². The lowest BCUT2D eigenvalue weighted by atomic mass is 10.2. The SMILES string of the molecule is COc1ccc(C(=O)O[C@@H](C)C(=O)Nc2ccc(Cl)cn2)c(OC)c1. The number of anilines is 1. The Labute approximate surface area is 149 Å². The van der Waals surface area contributed by atoms with Crippen LogP contribution in [0.4, 0.5) is 5.82 Å². The molecule has 0 saturated heterocycles. The summed E-state index contributed by atoms with van der Waals surface area (Å²) in [6.07, 6.45) is 0.368. The van der Waals surface area contributed by atoms with Gasteiger partial charge in [-0.25, -0.2) is 9.78 Å². The number of amides is 1. The zero-order valence-electron chi connectivity index (χ0n) is 13.9. The molecule has 0 bridgehead atoms. The molecule has 2 aromatic rings. The average Bonchev–Trinajstić information content (AvgIpc) is 2.62. The molecule has 1 N–H and O–H groups in total. The van der Waals surface area contributed by atoms with Crippen molar-refractivity contribution in [2.75, 3.05) is 19.5 Å². The van der Waals surface area contributed by atoms with Crippen molar-refractivity contribution in [3.8, 4) is 11.5 Å². The average molecular weight is 365 g/mol. The van der Waals surface area contributed by atoms with Gasteiger partial charge in [0.15, 0.2) is 6.10 Å². The molecule has 0 aliphatic rings. The van der Waals surface area contributed by atoms with Crippen molar-refractivity contribution in [1.82, 2.24) is 4.98 Å². The van der Waals surface area contributed by atoms with Crippen molar-refractivity contribution in [1.29, 1.82) is 0 Å². The van der Waals surface area contributed by atoms with Gasteiger partial charge in [-0.1, -0.05) is 11.6 Å². The Hall–Kier alpha value is -2.80. The van der Waals surface area contributed by atoms with Gasteiger partial charge in [-0.05, 0) is 31.2 Å². The highest BCUT2D eigenvalue weighted by molar-refractivity contribution is 6.30. The number of hydrogen-bond donors (Lipinski definition) is 1. The van der Waals surface area contributed by atoms with Crippen LogP contribution in [0.2, 0.25) is 5.02 Å². The number of halogens is 1. The number of aromatic nitrogens is 1. The fraction of sp³-hybridized carbons (Fsp3) is 0.235. The molecule has 1 amide bonds. The minimum atomic E-state index is -1.03. The highest BCUT2D eigenvalue weighted by atomic mass is 35.5. The standard InChI is InChI=1S/C17H17ClN2O5/c1-10(16(21)20-15-7-4-11(18)9-19-15)25-17(22)13-6-5-12(23-2)8-14(13)24-3/h4-10H,1-3H3,(H,19,20,21)/t10-/m0/s1. The Morgan fingerprint density at radius 3 is 2.52 bits per heavy atom. The summed E-state index contributed by atoms with van der Waals surface area (Å²) in [5, 5.41) is 2.98. The second kappa shape index (κ2) is 8.34. The molecular weight excluding hydrogens is 348 g/mol. The zero-order chi connectivity index (χ0) is 18.4. The third kappa shape index (κ3) is 4.84. The van der Waals surface area contributed by atoms with Crippen LogP contribution in [0.1, 0.15) is 17.3 Å². The first-order chi connectivity index (χ1) is 11.9. The molecule has 0 spiro atoms. The van der Waals surface area contributed by atoms with Gasteiger partial charge in [-0.2, -0.15) is 0 Å². The molecule has 7 nitrogen and oxygen atoms in total. The Morgan fingerprint density at radius 2 is 1.92 bits per heavy atom. The molecule has 0 aliphatic carbocycles. The van der Waals surface area contributed by atoms with Gasteiger partial charge in [-0.3, -0.25) is 4.79 Å². The Balaban J connectivity index is 2.04. The number of rotatable bonds is 6. The van der Waals surface area contributed by atoms with E-state index >= 15 is 0 Å². The van der Waals surface area contributed by atoms with Crippen molar-refractivity contribution in [2.24, 2.45) is 0 Å². The number of esters is 1. The predicted octanol–water partition coefficient (Wildman–Crippen LogP) is 2.94. The summed E-state index contributed by atoms with van der Waals surface area (Å²) in [4.78, 5) is 28.3. The molecule has 0 radical (unpaired) electrons. The van der Waals surface area contributed by atoms with E-state index in [2.05, 4.69) is 10.3 Å². The van der Waals surface area contributed by atoms with Gasteiger partial charge in [0.05, 0.1) is 19.2 Å². The molecule has 1 atom stereocenters. The number of hydrogen-bond acceptors (Lipinski definition) is 6. The van der Waals surface area contributed by atoms with Gasteiger partial charge in [0, 0.05) is 12.3 Å². The molecule has 0 saturated carbocycles. The van der Waals surface area contributed by atoms with Crippen LogP contribution < -0.4 is 14.8 Å². The summed E-state index contributed by atoms with van der Waals surface area (Å²) >= 11 is 5.73. The molecule has 2 rings (SSSR count). The van der Waals surface area contributed by atoms with Crippen LogP contribution in [0, 0.1) is 0 Å². The lowest BCUT2D eigenvalue weighted by molar-refractivity contribution is -0.123. The van der Waals surface area contributed by atoms with Crippen LogP contribution in [0.25, 0.3) is 0 Å². The van der Waals surface area contributed by atoms with Gasteiger partial charge >= 0.3 is 5.97 Å². The molecular formula is C17H17ClN2O5. The van der Waals surface area contributed by atoms with E-state index in [0.29, 0.717) is 16.6 Å². The fourth-order valence-electron chi connectivity index (χ4n) is 1.92.